The summed E-state index contributed by atoms with van der Waals surface area (Å²) in [7, 11) is 1.64. The maximum atomic E-state index is 12.7. The Morgan fingerprint density at radius 2 is 1.85 bits per heavy atom. The van der Waals surface area contributed by atoms with Crippen LogP contribution in [0.3, 0.4) is 0 Å². The largest absolute Gasteiger partial charge is 0.486 e. The maximum absolute atomic E-state index is 12.7. The second-order valence-corrected chi connectivity index (χ2v) is 6.15. The van der Waals surface area contributed by atoms with Gasteiger partial charge in [-0.3, -0.25) is 9.59 Å². The van der Waals surface area contributed by atoms with Gasteiger partial charge in [-0.15, -0.1) is 0 Å². The molecule has 2 heterocycles. The lowest BCUT2D eigenvalue weighted by Gasteiger charge is -2.29. The molecule has 0 bridgehead atoms. The van der Waals surface area contributed by atoms with E-state index in [0.29, 0.717) is 35.6 Å². The van der Waals surface area contributed by atoms with Gasteiger partial charge in [0, 0.05) is 13.1 Å². The van der Waals surface area contributed by atoms with Crippen molar-refractivity contribution in [2.75, 3.05) is 20.2 Å². The van der Waals surface area contributed by atoms with Crippen LogP contribution < -0.4 is 14.9 Å². The predicted molar refractivity (Wildman–Crippen MR) is 95.8 cm³/mol. The average molecular weight is 351 g/mol. The van der Waals surface area contributed by atoms with Gasteiger partial charge < -0.3 is 18.8 Å². The Morgan fingerprint density at radius 3 is 2.69 bits per heavy atom. The smallest absolute Gasteiger partial charge is 0.289 e. The third-order valence-corrected chi connectivity index (χ3v) is 4.24. The highest BCUT2D eigenvalue weighted by Gasteiger charge is 2.25. The first kappa shape index (κ1) is 16.2. The normalized spacial score (nSPS) is 15.7. The summed E-state index contributed by atoms with van der Waals surface area (Å²) in [6, 6.07) is 15.5. The molecule has 0 saturated heterocycles. The van der Waals surface area contributed by atoms with Crippen LogP contribution in [0, 0.1) is 0 Å². The molecular formula is C20H17NO5. The fourth-order valence-corrected chi connectivity index (χ4v) is 2.94. The summed E-state index contributed by atoms with van der Waals surface area (Å²) in [6.45, 7) is 0.653. The zero-order valence-electron chi connectivity index (χ0n) is 14.2. The summed E-state index contributed by atoms with van der Waals surface area (Å²) in [5, 5.41) is 0.451. The summed E-state index contributed by atoms with van der Waals surface area (Å²) in [5.41, 5.74) is 0.151. The van der Waals surface area contributed by atoms with Gasteiger partial charge in [0.25, 0.3) is 5.91 Å². The van der Waals surface area contributed by atoms with Crippen LogP contribution in [0.25, 0.3) is 11.0 Å². The first-order valence-electron chi connectivity index (χ1n) is 8.28. The van der Waals surface area contributed by atoms with Gasteiger partial charge in [0.1, 0.15) is 12.2 Å². The van der Waals surface area contributed by atoms with Crippen LogP contribution >= 0.6 is 0 Å². The fraction of sp³-hybridized carbons (Fsp3) is 0.200. The summed E-state index contributed by atoms with van der Waals surface area (Å²) in [5.74, 6) is 0.976. The van der Waals surface area contributed by atoms with E-state index >= 15 is 0 Å². The summed E-state index contributed by atoms with van der Waals surface area (Å²) >= 11 is 0. The van der Waals surface area contributed by atoms with Gasteiger partial charge in [-0.05, 0) is 24.3 Å². The molecule has 2 aromatic carbocycles. The number of ether oxygens (including phenoxy) is 2. The Balaban J connectivity index is 1.51. The lowest BCUT2D eigenvalue weighted by atomic mass is 10.2. The minimum Gasteiger partial charge on any atom is -0.486 e. The number of rotatable bonds is 3. The van der Waals surface area contributed by atoms with Gasteiger partial charge in [0.2, 0.25) is 0 Å². The second kappa shape index (κ2) is 6.55. The monoisotopic (exact) mass is 351 g/mol. The Bertz CT molecular complexity index is 1030. The Labute approximate surface area is 149 Å². The van der Waals surface area contributed by atoms with Gasteiger partial charge in [0.15, 0.2) is 28.8 Å². The number of amides is 1. The van der Waals surface area contributed by atoms with Crippen LogP contribution in [0.15, 0.2) is 63.8 Å². The molecular weight excluding hydrogens is 334 g/mol. The van der Waals surface area contributed by atoms with Crippen molar-refractivity contribution in [3.63, 3.8) is 0 Å². The SMILES string of the molecule is CN(CC1COc2ccccc2O1)C(=O)c1cc(=O)c2ccccc2o1. The minimum absolute atomic E-state index is 0.00771. The molecule has 1 amide bonds. The highest BCUT2D eigenvalue weighted by Crippen LogP contribution is 2.31. The molecule has 0 fully saturated rings. The molecule has 0 spiro atoms. The summed E-state index contributed by atoms with van der Waals surface area (Å²) in [4.78, 5) is 26.3. The van der Waals surface area contributed by atoms with Crippen LogP contribution in [0.2, 0.25) is 0 Å². The van der Waals surface area contributed by atoms with Crippen molar-refractivity contribution in [2.24, 2.45) is 0 Å². The number of benzene rings is 2. The summed E-state index contributed by atoms with van der Waals surface area (Å²) in [6.07, 6.45) is -0.300. The third-order valence-electron chi connectivity index (χ3n) is 4.24. The van der Waals surface area contributed by atoms with Gasteiger partial charge in [0.05, 0.1) is 11.9 Å². The quantitative estimate of drug-likeness (QED) is 0.726. The highest BCUT2D eigenvalue weighted by atomic mass is 16.6. The number of fused-ring (bicyclic) bond motifs is 2. The van der Waals surface area contributed by atoms with Crippen LogP contribution in [-0.2, 0) is 0 Å². The van der Waals surface area contributed by atoms with E-state index in [1.165, 1.54) is 11.0 Å². The lowest BCUT2D eigenvalue weighted by molar-refractivity contribution is 0.0502. The number of carbonyl (C=O) groups excluding carboxylic acids is 1. The van der Waals surface area contributed by atoms with E-state index < -0.39 is 0 Å². The van der Waals surface area contributed by atoms with E-state index in [2.05, 4.69) is 0 Å². The topological polar surface area (TPSA) is 69.0 Å². The molecule has 3 aromatic rings. The first-order chi connectivity index (χ1) is 12.6. The van der Waals surface area contributed by atoms with Gasteiger partial charge in [-0.2, -0.15) is 0 Å². The maximum Gasteiger partial charge on any atom is 0.289 e. The Hall–Kier alpha value is -3.28. The average Bonchev–Trinajstić information content (AvgIpc) is 2.67. The molecule has 6 nitrogen and oxygen atoms in total. The van der Waals surface area contributed by atoms with Gasteiger partial charge in [-0.25, -0.2) is 0 Å². The van der Waals surface area contributed by atoms with Crippen LogP contribution in [-0.4, -0.2) is 37.1 Å². The zero-order chi connectivity index (χ0) is 18.1. The molecule has 0 N–H and O–H groups in total. The molecule has 26 heavy (non-hydrogen) atoms. The zero-order valence-corrected chi connectivity index (χ0v) is 14.2. The molecule has 1 aliphatic heterocycles. The number of nitrogens with zero attached hydrogens (tertiary/aromatic N) is 1. The standard InChI is InChI=1S/C20H17NO5/c1-21(11-13-12-24-17-8-4-5-9-18(17)25-13)20(23)19-10-15(22)14-6-2-3-7-16(14)26-19/h2-10,13H,11-12H2,1H3. The third kappa shape index (κ3) is 3.01. The number of hydrogen-bond donors (Lipinski definition) is 0. The van der Waals surface area contributed by atoms with Crippen molar-refractivity contribution < 1.29 is 18.7 Å². The highest BCUT2D eigenvalue weighted by molar-refractivity contribution is 5.93. The molecule has 1 unspecified atom stereocenters. The number of para-hydroxylation sites is 3. The molecule has 1 aromatic heterocycles. The molecule has 4 rings (SSSR count). The Morgan fingerprint density at radius 1 is 1.12 bits per heavy atom. The van der Waals surface area contributed by atoms with E-state index in [9.17, 15) is 9.59 Å². The molecule has 132 valence electrons. The molecule has 0 aliphatic carbocycles. The van der Waals surface area contributed by atoms with E-state index in [4.69, 9.17) is 13.9 Å². The van der Waals surface area contributed by atoms with E-state index in [-0.39, 0.29) is 23.2 Å². The van der Waals surface area contributed by atoms with Crippen LogP contribution in [0.1, 0.15) is 10.6 Å². The van der Waals surface area contributed by atoms with Gasteiger partial charge in [-0.1, -0.05) is 24.3 Å². The molecule has 1 aliphatic rings. The molecule has 0 saturated carbocycles. The van der Waals surface area contributed by atoms with Crippen molar-refractivity contribution in [1.82, 2.24) is 4.90 Å². The first-order valence-corrected chi connectivity index (χ1v) is 8.28. The number of hydrogen-bond acceptors (Lipinski definition) is 5. The Kier molecular flexibility index (Phi) is 4.08. The van der Waals surface area contributed by atoms with E-state index in [1.807, 2.05) is 24.3 Å². The van der Waals surface area contributed by atoms with Crippen molar-refractivity contribution in [1.29, 1.82) is 0 Å². The van der Waals surface area contributed by atoms with Crippen LogP contribution in [0.4, 0.5) is 0 Å². The van der Waals surface area contributed by atoms with Crippen LogP contribution in [0.5, 0.6) is 11.5 Å². The lowest BCUT2D eigenvalue weighted by Crippen LogP contribution is -2.41. The number of carbonyl (C=O) groups is 1. The predicted octanol–water partition coefficient (Wildman–Crippen LogP) is 2.71. The van der Waals surface area contributed by atoms with Crippen molar-refractivity contribution in [3.8, 4) is 11.5 Å². The minimum atomic E-state index is -0.379. The van der Waals surface area contributed by atoms with Crippen molar-refractivity contribution in [2.45, 2.75) is 6.10 Å². The second-order valence-electron chi connectivity index (χ2n) is 6.15. The van der Waals surface area contributed by atoms with Crippen molar-refractivity contribution in [3.05, 3.63) is 70.6 Å². The molecule has 1 atom stereocenters. The van der Waals surface area contributed by atoms with E-state index in [0.717, 1.165) is 0 Å². The number of likely N-dealkylation sites (N-methyl/N-ethyl adjacent to an activating group) is 1. The summed E-state index contributed by atoms with van der Waals surface area (Å²) < 4.78 is 17.1. The molecule has 0 radical (unpaired) electrons. The molecule has 6 heteroatoms. The fourth-order valence-electron chi connectivity index (χ4n) is 2.94. The van der Waals surface area contributed by atoms with Gasteiger partial charge >= 0.3 is 0 Å². The van der Waals surface area contributed by atoms with Crippen molar-refractivity contribution >= 4 is 16.9 Å². The van der Waals surface area contributed by atoms with E-state index in [1.54, 1.807) is 31.3 Å².